The average molecular weight is 430 g/mol. The van der Waals surface area contributed by atoms with Crippen molar-refractivity contribution in [2.45, 2.75) is 63.6 Å². The molecule has 0 saturated heterocycles. The summed E-state index contributed by atoms with van der Waals surface area (Å²) < 4.78 is 0. The standard InChI is InChI=1S/C28H31NO3/c1-27-11-9-21-14-20-15-22(30)5-4-17(20)8-12-28(21,32)25(27)7-6-24(27)19-3-2-18-10-13-29-26(31)23(18)16-19/h2-3,6,9-10,13-14,16-17,22,25,30,32H,4-5,7-8,11-12,15H2,1H3,(H,29,31)/t17?,22?,25?,27?,28-/m1/s1. The third-order valence-corrected chi connectivity index (χ3v) is 8.91. The highest BCUT2D eigenvalue weighted by Gasteiger charge is 2.55. The number of allylic oxidation sites excluding steroid dienone is 3. The lowest BCUT2D eigenvalue weighted by Crippen LogP contribution is -2.48. The zero-order valence-electron chi connectivity index (χ0n) is 18.6. The van der Waals surface area contributed by atoms with Gasteiger partial charge in [0.1, 0.15) is 0 Å². The molecular formula is C28H31NO3. The van der Waals surface area contributed by atoms with Crippen molar-refractivity contribution in [2.75, 3.05) is 0 Å². The Morgan fingerprint density at radius 1 is 1.12 bits per heavy atom. The maximum Gasteiger partial charge on any atom is 0.255 e. The van der Waals surface area contributed by atoms with Crippen molar-refractivity contribution in [3.8, 4) is 0 Å². The van der Waals surface area contributed by atoms with E-state index >= 15 is 0 Å². The quantitative estimate of drug-likeness (QED) is 0.605. The molecule has 4 aliphatic rings. The minimum atomic E-state index is -0.838. The molecule has 4 nitrogen and oxygen atoms in total. The molecule has 0 aliphatic heterocycles. The summed E-state index contributed by atoms with van der Waals surface area (Å²) >= 11 is 0. The topological polar surface area (TPSA) is 73.3 Å². The SMILES string of the molecule is CC12CC=C3C=C4CC(O)CCC4CC[C@]3(O)C1CC=C2c1ccc2cc[nH]c(=O)c2c1. The number of benzene rings is 1. The molecule has 4 heteroatoms. The van der Waals surface area contributed by atoms with Crippen LogP contribution in [0.4, 0.5) is 0 Å². The van der Waals surface area contributed by atoms with E-state index in [1.54, 1.807) is 6.20 Å². The fourth-order valence-corrected chi connectivity index (χ4v) is 7.11. The van der Waals surface area contributed by atoms with E-state index in [4.69, 9.17) is 0 Å². The molecule has 1 saturated carbocycles. The number of pyridine rings is 1. The monoisotopic (exact) mass is 429 g/mol. The second-order valence-corrected chi connectivity index (χ2v) is 10.6. The van der Waals surface area contributed by atoms with E-state index in [-0.39, 0.29) is 23.0 Å². The van der Waals surface area contributed by atoms with Crippen molar-refractivity contribution in [1.29, 1.82) is 0 Å². The van der Waals surface area contributed by atoms with Crippen LogP contribution < -0.4 is 5.56 Å². The first-order valence-electron chi connectivity index (χ1n) is 12.0. The van der Waals surface area contributed by atoms with Gasteiger partial charge < -0.3 is 15.2 Å². The number of aliphatic hydroxyl groups is 2. The molecule has 166 valence electrons. The molecule has 32 heavy (non-hydrogen) atoms. The van der Waals surface area contributed by atoms with Gasteiger partial charge in [-0.3, -0.25) is 4.79 Å². The number of hydrogen-bond donors (Lipinski definition) is 3. The minimum absolute atomic E-state index is 0.0608. The molecule has 6 rings (SSSR count). The van der Waals surface area contributed by atoms with E-state index in [1.807, 2.05) is 18.2 Å². The molecule has 5 atom stereocenters. The molecule has 1 fully saturated rings. The molecule has 0 amide bonds. The van der Waals surface area contributed by atoms with Crippen LogP contribution in [0.1, 0.15) is 57.4 Å². The van der Waals surface area contributed by atoms with Crippen molar-refractivity contribution in [1.82, 2.24) is 4.98 Å². The average Bonchev–Trinajstić information content (AvgIpc) is 3.06. The minimum Gasteiger partial charge on any atom is -0.393 e. The largest absolute Gasteiger partial charge is 0.393 e. The van der Waals surface area contributed by atoms with Gasteiger partial charge in [0.2, 0.25) is 0 Å². The molecule has 2 aromatic rings. The predicted octanol–water partition coefficient (Wildman–Crippen LogP) is 4.88. The molecule has 4 aliphatic carbocycles. The Morgan fingerprint density at radius 2 is 2.00 bits per heavy atom. The van der Waals surface area contributed by atoms with Crippen LogP contribution in [0, 0.1) is 17.3 Å². The first kappa shape index (κ1) is 20.2. The van der Waals surface area contributed by atoms with Gasteiger partial charge in [-0.25, -0.2) is 0 Å². The van der Waals surface area contributed by atoms with Crippen molar-refractivity contribution in [2.24, 2.45) is 17.3 Å². The lowest BCUT2D eigenvalue weighted by Gasteiger charge is -2.48. The summed E-state index contributed by atoms with van der Waals surface area (Å²) in [6.07, 6.45) is 14.3. The van der Waals surface area contributed by atoms with Crippen molar-refractivity contribution >= 4 is 16.3 Å². The highest BCUT2D eigenvalue weighted by Crippen LogP contribution is 2.61. The first-order chi connectivity index (χ1) is 15.4. The van der Waals surface area contributed by atoms with Gasteiger partial charge in [-0.1, -0.05) is 42.9 Å². The van der Waals surface area contributed by atoms with Crippen molar-refractivity contribution < 1.29 is 10.2 Å². The van der Waals surface area contributed by atoms with E-state index in [2.05, 4.69) is 36.2 Å². The van der Waals surface area contributed by atoms with Crippen molar-refractivity contribution in [3.05, 3.63) is 75.8 Å². The summed E-state index contributed by atoms with van der Waals surface area (Å²) in [5.74, 6) is 0.609. The summed E-state index contributed by atoms with van der Waals surface area (Å²) in [6, 6.07) is 8.10. The van der Waals surface area contributed by atoms with Gasteiger partial charge in [0, 0.05) is 22.9 Å². The van der Waals surface area contributed by atoms with Crippen LogP contribution in [0.15, 0.2) is 64.6 Å². The normalized spacial score (nSPS) is 36.3. The molecule has 0 radical (unpaired) electrons. The molecule has 1 aromatic heterocycles. The Labute approximate surface area is 188 Å². The van der Waals surface area contributed by atoms with Crippen LogP contribution in [0.3, 0.4) is 0 Å². The number of hydrogen-bond acceptors (Lipinski definition) is 3. The van der Waals surface area contributed by atoms with Crippen LogP contribution in [-0.2, 0) is 0 Å². The zero-order valence-corrected chi connectivity index (χ0v) is 18.6. The Balaban J connectivity index is 1.40. The summed E-state index contributed by atoms with van der Waals surface area (Å²) in [5.41, 5.74) is 3.67. The number of H-pyrrole nitrogens is 1. The van der Waals surface area contributed by atoms with Gasteiger partial charge in [-0.2, -0.15) is 0 Å². The zero-order chi connectivity index (χ0) is 22.1. The van der Waals surface area contributed by atoms with Crippen LogP contribution in [0.2, 0.25) is 0 Å². The van der Waals surface area contributed by atoms with Gasteiger partial charge in [-0.05, 0) is 85.1 Å². The summed E-state index contributed by atoms with van der Waals surface area (Å²) in [6.45, 7) is 2.29. The van der Waals surface area contributed by atoms with E-state index in [1.165, 1.54) is 11.1 Å². The summed E-state index contributed by atoms with van der Waals surface area (Å²) in [4.78, 5) is 15.2. The molecule has 1 heterocycles. The van der Waals surface area contributed by atoms with Gasteiger partial charge in [0.15, 0.2) is 0 Å². The number of rotatable bonds is 1. The van der Waals surface area contributed by atoms with Crippen LogP contribution >= 0.6 is 0 Å². The molecular weight excluding hydrogens is 398 g/mol. The van der Waals surface area contributed by atoms with E-state index in [0.29, 0.717) is 11.3 Å². The fourth-order valence-electron chi connectivity index (χ4n) is 7.11. The van der Waals surface area contributed by atoms with E-state index in [0.717, 1.165) is 61.5 Å². The van der Waals surface area contributed by atoms with E-state index in [9.17, 15) is 15.0 Å². The van der Waals surface area contributed by atoms with Crippen LogP contribution in [0.5, 0.6) is 0 Å². The highest BCUT2D eigenvalue weighted by molar-refractivity contribution is 5.87. The Kier molecular flexibility index (Phi) is 4.44. The number of aromatic nitrogens is 1. The maximum absolute atomic E-state index is 12.4. The number of fused-ring (bicyclic) bond motifs is 5. The second kappa shape index (κ2) is 7.03. The Hall–Kier alpha value is -2.43. The number of aromatic amines is 1. The molecule has 0 spiro atoms. The Morgan fingerprint density at radius 3 is 2.88 bits per heavy atom. The lowest BCUT2D eigenvalue weighted by molar-refractivity contribution is -0.0330. The number of nitrogens with one attached hydrogen (secondary N) is 1. The van der Waals surface area contributed by atoms with Gasteiger partial charge in [0.25, 0.3) is 5.56 Å². The fraction of sp³-hybridized carbons (Fsp3) is 0.464. The molecule has 1 aromatic carbocycles. The molecule has 0 bridgehead atoms. The van der Waals surface area contributed by atoms with Gasteiger partial charge >= 0.3 is 0 Å². The van der Waals surface area contributed by atoms with Crippen molar-refractivity contribution in [3.63, 3.8) is 0 Å². The lowest BCUT2D eigenvalue weighted by atomic mass is 9.58. The highest BCUT2D eigenvalue weighted by atomic mass is 16.3. The summed E-state index contributed by atoms with van der Waals surface area (Å²) in [7, 11) is 0. The second-order valence-electron chi connectivity index (χ2n) is 10.6. The molecule has 3 N–H and O–H groups in total. The number of aliphatic hydroxyl groups excluding tert-OH is 1. The van der Waals surface area contributed by atoms with E-state index < -0.39 is 5.60 Å². The summed E-state index contributed by atoms with van der Waals surface area (Å²) in [5, 5.41) is 24.0. The smallest absolute Gasteiger partial charge is 0.255 e. The third-order valence-electron chi connectivity index (χ3n) is 8.91. The van der Waals surface area contributed by atoms with Crippen LogP contribution in [-0.4, -0.2) is 26.9 Å². The predicted molar refractivity (Wildman–Crippen MR) is 127 cm³/mol. The van der Waals surface area contributed by atoms with Crippen LogP contribution in [0.25, 0.3) is 16.3 Å². The first-order valence-corrected chi connectivity index (χ1v) is 12.0. The Bertz CT molecular complexity index is 1250. The van der Waals surface area contributed by atoms with Gasteiger partial charge in [-0.15, -0.1) is 0 Å². The maximum atomic E-state index is 12.4. The molecule has 4 unspecified atom stereocenters. The van der Waals surface area contributed by atoms with Gasteiger partial charge in [0.05, 0.1) is 11.7 Å². The third kappa shape index (κ3) is 2.85.